The van der Waals surface area contributed by atoms with E-state index in [0.717, 1.165) is 24.7 Å². The van der Waals surface area contributed by atoms with Crippen molar-refractivity contribution in [1.29, 1.82) is 0 Å². The van der Waals surface area contributed by atoms with Crippen LogP contribution in [0, 0.1) is 17.8 Å². The summed E-state index contributed by atoms with van der Waals surface area (Å²) in [5.41, 5.74) is 0.620. The van der Waals surface area contributed by atoms with Gasteiger partial charge in [-0.15, -0.1) is 0 Å². The number of nitrogens with zero attached hydrogens (tertiary/aromatic N) is 1. The van der Waals surface area contributed by atoms with Gasteiger partial charge in [0.2, 0.25) is 5.91 Å². The first-order chi connectivity index (χ1) is 7.74. The molecule has 2 aliphatic rings. The third kappa shape index (κ3) is 1.80. The first-order valence-electron chi connectivity index (χ1n) is 5.65. The van der Waals surface area contributed by atoms with Crippen LogP contribution in [0.4, 0.5) is 5.69 Å². The van der Waals surface area contributed by atoms with Crippen LogP contribution >= 0.6 is 11.6 Å². The number of carbonyl (C=O) groups excluding carboxylic acids is 1. The van der Waals surface area contributed by atoms with Crippen LogP contribution < -0.4 is 5.32 Å². The maximum Gasteiger partial charge on any atom is 0.227 e. The van der Waals surface area contributed by atoms with Gasteiger partial charge in [-0.2, -0.15) is 0 Å². The Hall–Kier alpha value is -1.09. The van der Waals surface area contributed by atoms with Crippen molar-refractivity contribution in [1.82, 2.24) is 4.98 Å². The number of carbonyl (C=O) groups is 1. The lowest BCUT2D eigenvalue weighted by atomic mass is 10.0. The minimum Gasteiger partial charge on any atom is -0.323 e. The van der Waals surface area contributed by atoms with Crippen molar-refractivity contribution in [2.75, 3.05) is 5.32 Å². The van der Waals surface area contributed by atoms with E-state index < -0.39 is 0 Å². The summed E-state index contributed by atoms with van der Waals surface area (Å²) in [6, 6.07) is 3.55. The summed E-state index contributed by atoms with van der Waals surface area (Å²) >= 11 is 5.89. The molecule has 0 spiro atoms. The monoisotopic (exact) mass is 236 g/mol. The zero-order valence-electron chi connectivity index (χ0n) is 8.82. The summed E-state index contributed by atoms with van der Waals surface area (Å²) in [4.78, 5) is 15.9. The number of anilines is 1. The standard InChI is InChI=1S/C12H13ClN2O/c13-11-10(2-1-3-14-11)15-12(16)9-5-7-4-8(7)6-9/h1-3,7-9H,4-6H2,(H,15,16). The van der Waals surface area contributed by atoms with E-state index in [-0.39, 0.29) is 11.8 Å². The van der Waals surface area contributed by atoms with Crippen LogP contribution in [-0.2, 0) is 4.79 Å². The number of hydrogen-bond acceptors (Lipinski definition) is 2. The van der Waals surface area contributed by atoms with Crippen molar-refractivity contribution < 1.29 is 4.79 Å². The smallest absolute Gasteiger partial charge is 0.227 e. The molecule has 1 aromatic rings. The summed E-state index contributed by atoms with van der Waals surface area (Å²) in [5.74, 6) is 1.92. The Balaban J connectivity index is 1.66. The maximum atomic E-state index is 11.9. The van der Waals surface area contributed by atoms with E-state index in [1.807, 2.05) is 0 Å². The van der Waals surface area contributed by atoms with Gasteiger partial charge in [0.15, 0.2) is 5.15 Å². The van der Waals surface area contributed by atoms with Gasteiger partial charge in [0, 0.05) is 12.1 Å². The third-order valence-corrected chi connectivity index (χ3v) is 3.93. The maximum absolute atomic E-state index is 11.9. The molecule has 0 saturated heterocycles. The van der Waals surface area contributed by atoms with Gasteiger partial charge in [-0.3, -0.25) is 4.79 Å². The molecule has 84 valence electrons. The van der Waals surface area contributed by atoms with Gasteiger partial charge in [0.1, 0.15) is 0 Å². The Morgan fingerprint density at radius 2 is 2.12 bits per heavy atom. The molecule has 1 heterocycles. The number of halogens is 1. The van der Waals surface area contributed by atoms with Crippen LogP contribution in [0.5, 0.6) is 0 Å². The van der Waals surface area contributed by atoms with E-state index in [1.165, 1.54) is 6.42 Å². The molecule has 3 nitrogen and oxygen atoms in total. The number of aromatic nitrogens is 1. The third-order valence-electron chi connectivity index (χ3n) is 3.63. The zero-order chi connectivity index (χ0) is 11.1. The fourth-order valence-corrected chi connectivity index (χ4v) is 2.81. The highest BCUT2D eigenvalue weighted by atomic mass is 35.5. The lowest BCUT2D eigenvalue weighted by molar-refractivity contribution is -0.120. The van der Waals surface area contributed by atoms with E-state index in [1.54, 1.807) is 18.3 Å². The molecule has 0 bridgehead atoms. The Morgan fingerprint density at radius 1 is 1.38 bits per heavy atom. The topological polar surface area (TPSA) is 42.0 Å². The molecular weight excluding hydrogens is 224 g/mol. The second-order valence-electron chi connectivity index (χ2n) is 4.76. The van der Waals surface area contributed by atoms with Crippen molar-refractivity contribution in [2.45, 2.75) is 19.3 Å². The highest BCUT2D eigenvalue weighted by Crippen LogP contribution is 2.54. The van der Waals surface area contributed by atoms with Crippen LogP contribution in [0.15, 0.2) is 18.3 Å². The number of fused-ring (bicyclic) bond motifs is 1. The summed E-state index contributed by atoms with van der Waals surface area (Å²) in [7, 11) is 0. The Labute approximate surface area is 99.2 Å². The molecule has 2 unspecified atom stereocenters. The average molecular weight is 237 g/mol. The largest absolute Gasteiger partial charge is 0.323 e. The number of nitrogens with one attached hydrogen (secondary N) is 1. The summed E-state index contributed by atoms with van der Waals surface area (Å²) in [5, 5.41) is 3.22. The molecule has 4 heteroatoms. The van der Waals surface area contributed by atoms with E-state index >= 15 is 0 Å². The molecule has 0 aliphatic heterocycles. The number of rotatable bonds is 2. The molecule has 0 radical (unpaired) electrons. The van der Waals surface area contributed by atoms with Gasteiger partial charge in [0.25, 0.3) is 0 Å². The highest BCUT2D eigenvalue weighted by Gasteiger charge is 2.48. The van der Waals surface area contributed by atoms with E-state index in [2.05, 4.69) is 10.3 Å². The Bertz CT molecular complexity index is 425. The van der Waals surface area contributed by atoms with Crippen LogP contribution in [0.3, 0.4) is 0 Å². The Morgan fingerprint density at radius 3 is 2.81 bits per heavy atom. The normalized spacial score (nSPS) is 30.9. The fraction of sp³-hybridized carbons (Fsp3) is 0.500. The number of amides is 1. The van der Waals surface area contributed by atoms with Crippen molar-refractivity contribution in [3.05, 3.63) is 23.5 Å². The molecule has 2 fully saturated rings. The van der Waals surface area contributed by atoms with Crippen LogP contribution in [0.1, 0.15) is 19.3 Å². The molecule has 1 N–H and O–H groups in total. The van der Waals surface area contributed by atoms with Crippen LogP contribution in [-0.4, -0.2) is 10.9 Å². The predicted molar refractivity (Wildman–Crippen MR) is 62.2 cm³/mol. The van der Waals surface area contributed by atoms with E-state index in [0.29, 0.717) is 10.8 Å². The first-order valence-corrected chi connectivity index (χ1v) is 6.03. The number of pyridine rings is 1. The van der Waals surface area contributed by atoms with Gasteiger partial charge >= 0.3 is 0 Å². The van der Waals surface area contributed by atoms with Crippen molar-refractivity contribution in [2.24, 2.45) is 17.8 Å². The zero-order valence-corrected chi connectivity index (χ0v) is 9.57. The Kier molecular flexibility index (Phi) is 2.36. The van der Waals surface area contributed by atoms with Crippen LogP contribution in [0.2, 0.25) is 5.15 Å². The van der Waals surface area contributed by atoms with Gasteiger partial charge < -0.3 is 5.32 Å². The van der Waals surface area contributed by atoms with Gasteiger partial charge in [-0.1, -0.05) is 11.6 Å². The molecular formula is C12H13ClN2O. The minimum absolute atomic E-state index is 0.0992. The lowest BCUT2D eigenvalue weighted by Crippen LogP contribution is -2.21. The summed E-state index contributed by atoms with van der Waals surface area (Å²) < 4.78 is 0. The average Bonchev–Trinajstić information content (AvgIpc) is 2.89. The molecule has 2 saturated carbocycles. The predicted octanol–water partition coefficient (Wildman–Crippen LogP) is 2.72. The number of hydrogen-bond donors (Lipinski definition) is 1. The summed E-state index contributed by atoms with van der Waals surface area (Å²) in [6.45, 7) is 0. The second-order valence-corrected chi connectivity index (χ2v) is 5.11. The molecule has 3 rings (SSSR count). The molecule has 0 aromatic carbocycles. The molecule has 1 amide bonds. The SMILES string of the molecule is O=C(Nc1cccnc1Cl)C1CC2CC2C1. The molecule has 1 aromatic heterocycles. The second kappa shape index (κ2) is 3.74. The molecule has 16 heavy (non-hydrogen) atoms. The van der Waals surface area contributed by atoms with Crippen molar-refractivity contribution in [3.63, 3.8) is 0 Å². The minimum atomic E-state index is 0.0992. The lowest BCUT2D eigenvalue weighted by Gasteiger charge is -2.12. The van der Waals surface area contributed by atoms with Gasteiger partial charge in [-0.05, 0) is 43.2 Å². The van der Waals surface area contributed by atoms with Crippen molar-refractivity contribution in [3.8, 4) is 0 Å². The first kappa shape index (κ1) is 10.1. The van der Waals surface area contributed by atoms with Crippen LogP contribution in [0.25, 0.3) is 0 Å². The van der Waals surface area contributed by atoms with Crippen molar-refractivity contribution >= 4 is 23.2 Å². The van der Waals surface area contributed by atoms with Gasteiger partial charge in [-0.25, -0.2) is 4.98 Å². The highest BCUT2D eigenvalue weighted by molar-refractivity contribution is 6.32. The summed E-state index contributed by atoms with van der Waals surface area (Å²) in [6.07, 6.45) is 5.04. The van der Waals surface area contributed by atoms with Gasteiger partial charge in [0.05, 0.1) is 5.69 Å². The fourth-order valence-electron chi connectivity index (χ4n) is 2.64. The van der Waals surface area contributed by atoms with E-state index in [4.69, 9.17) is 11.6 Å². The quantitative estimate of drug-likeness (QED) is 0.803. The van der Waals surface area contributed by atoms with E-state index in [9.17, 15) is 4.79 Å². The molecule has 2 aliphatic carbocycles. The molecule has 2 atom stereocenters.